The fraction of sp³-hybridized carbons (Fsp3) is 0.158. The molecule has 0 aliphatic carbocycles. The molecule has 5 nitrogen and oxygen atoms in total. The molecular weight excluding hydrogens is 336 g/mol. The summed E-state index contributed by atoms with van der Waals surface area (Å²) in [5.74, 6) is 1.62. The van der Waals surface area contributed by atoms with Crippen LogP contribution < -0.4 is 10.1 Å². The van der Waals surface area contributed by atoms with Gasteiger partial charge >= 0.3 is 0 Å². The second-order valence-corrected chi connectivity index (χ2v) is 6.54. The molecule has 3 aromatic rings. The Morgan fingerprint density at radius 1 is 1.12 bits per heavy atom. The van der Waals surface area contributed by atoms with E-state index in [9.17, 15) is 0 Å². The van der Waals surface area contributed by atoms with E-state index in [-0.39, 0.29) is 6.04 Å². The number of fused-ring (bicyclic) bond motifs is 3. The smallest absolute Gasteiger partial charge is 0.226 e. The van der Waals surface area contributed by atoms with Gasteiger partial charge in [0.25, 0.3) is 0 Å². The van der Waals surface area contributed by atoms with Gasteiger partial charge in [0.1, 0.15) is 18.1 Å². The lowest BCUT2D eigenvalue weighted by Gasteiger charge is -2.29. The molecule has 0 saturated carbocycles. The topological polar surface area (TPSA) is 52.0 Å². The van der Waals surface area contributed by atoms with Crippen molar-refractivity contribution in [3.63, 3.8) is 0 Å². The maximum Gasteiger partial charge on any atom is 0.226 e. The fourth-order valence-corrected chi connectivity index (χ4v) is 3.69. The molecule has 0 bridgehead atoms. The summed E-state index contributed by atoms with van der Waals surface area (Å²) in [6.07, 6.45) is 2.39. The Balaban J connectivity index is 1.74. The molecule has 2 aliphatic heterocycles. The van der Waals surface area contributed by atoms with Gasteiger partial charge < -0.3 is 10.1 Å². The molecule has 0 amide bonds. The predicted octanol–water partition coefficient (Wildman–Crippen LogP) is 4.14. The van der Waals surface area contributed by atoms with E-state index in [2.05, 4.69) is 21.5 Å². The molecule has 1 unspecified atom stereocenters. The molecule has 25 heavy (non-hydrogen) atoms. The first-order chi connectivity index (χ1) is 12.3. The van der Waals surface area contributed by atoms with E-state index in [4.69, 9.17) is 16.3 Å². The summed E-state index contributed by atoms with van der Waals surface area (Å²) in [6.45, 7) is 0.631. The van der Waals surface area contributed by atoms with Crippen LogP contribution in [0.1, 0.15) is 23.6 Å². The van der Waals surface area contributed by atoms with Crippen LogP contribution in [0.4, 0.5) is 5.95 Å². The fourth-order valence-electron chi connectivity index (χ4n) is 3.56. The summed E-state index contributed by atoms with van der Waals surface area (Å²) in [5, 5.41) is 8.62. The molecule has 0 spiro atoms. The number of anilines is 1. The van der Waals surface area contributed by atoms with E-state index in [0.29, 0.717) is 6.61 Å². The maximum absolute atomic E-state index is 6.08. The normalized spacial score (nSPS) is 18.4. The second-order valence-electron chi connectivity index (χ2n) is 6.10. The Hall–Kier alpha value is -2.79. The SMILES string of the molecule is Clc1ccc(C2C3=C(Nc4ncnn42)c2ccccc2OCC3)cc1. The zero-order valence-electron chi connectivity index (χ0n) is 13.3. The summed E-state index contributed by atoms with van der Waals surface area (Å²) in [6, 6.07) is 16.0. The monoisotopic (exact) mass is 350 g/mol. The minimum Gasteiger partial charge on any atom is -0.493 e. The first-order valence-corrected chi connectivity index (χ1v) is 8.56. The van der Waals surface area contributed by atoms with Crippen molar-refractivity contribution in [2.45, 2.75) is 12.5 Å². The van der Waals surface area contributed by atoms with Gasteiger partial charge in [0.2, 0.25) is 5.95 Å². The molecule has 124 valence electrons. The molecule has 0 fully saturated rings. The van der Waals surface area contributed by atoms with Gasteiger partial charge in [0, 0.05) is 17.0 Å². The zero-order valence-corrected chi connectivity index (χ0v) is 14.1. The number of halogens is 1. The van der Waals surface area contributed by atoms with Gasteiger partial charge in [-0.3, -0.25) is 0 Å². The number of benzene rings is 2. The average Bonchev–Trinajstić information content (AvgIpc) is 3.02. The van der Waals surface area contributed by atoms with Crippen LogP contribution in [-0.2, 0) is 0 Å². The van der Waals surface area contributed by atoms with Gasteiger partial charge in [-0.2, -0.15) is 10.1 Å². The Morgan fingerprint density at radius 3 is 2.84 bits per heavy atom. The van der Waals surface area contributed by atoms with Gasteiger partial charge in [-0.15, -0.1) is 0 Å². The minimum atomic E-state index is -0.0271. The van der Waals surface area contributed by atoms with E-state index in [1.54, 1.807) is 6.33 Å². The van der Waals surface area contributed by atoms with Gasteiger partial charge in [0.15, 0.2) is 0 Å². The highest BCUT2D eigenvalue weighted by atomic mass is 35.5. The van der Waals surface area contributed by atoms with Crippen molar-refractivity contribution in [2.75, 3.05) is 11.9 Å². The van der Waals surface area contributed by atoms with Gasteiger partial charge in [-0.05, 0) is 35.4 Å². The van der Waals surface area contributed by atoms with Crippen LogP contribution in [0.2, 0.25) is 5.02 Å². The van der Waals surface area contributed by atoms with Crippen LogP contribution in [0, 0.1) is 0 Å². The predicted molar refractivity (Wildman–Crippen MR) is 96.7 cm³/mol. The summed E-state index contributed by atoms with van der Waals surface area (Å²) >= 11 is 6.08. The number of rotatable bonds is 1. The van der Waals surface area contributed by atoms with Crippen LogP contribution in [0.15, 0.2) is 60.4 Å². The Kier molecular flexibility index (Phi) is 3.28. The molecule has 2 aromatic carbocycles. The highest BCUT2D eigenvalue weighted by Crippen LogP contribution is 2.43. The van der Waals surface area contributed by atoms with Gasteiger partial charge in [0.05, 0.1) is 12.3 Å². The van der Waals surface area contributed by atoms with Crippen molar-refractivity contribution in [3.05, 3.63) is 76.6 Å². The third-order valence-corrected chi connectivity index (χ3v) is 4.93. The van der Waals surface area contributed by atoms with Crippen LogP contribution in [0.3, 0.4) is 0 Å². The third-order valence-electron chi connectivity index (χ3n) is 4.68. The quantitative estimate of drug-likeness (QED) is 0.716. The molecule has 1 N–H and O–H groups in total. The van der Waals surface area contributed by atoms with Crippen molar-refractivity contribution in [3.8, 4) is 5.75 Å². The molecule has 1 atom stereocenters. The largest absolute Gasteiger partial charge is 0.493 e. The molecule has 6 heteroatoms. The number of nitrogens with one attached hydrogen (secondary N) is 1. The number of hydrogen-bond donors (Lipinski definition) is 1. The lowest BCUT2D eigenvalue weighted by Crippen LogP contribution is -2.25. The van der Waals surface area contributed by atoms with Crippen LogP contribution >= 0.6 is 11.6 Å². The minimum absolute atomic E-state index is 0.0271. The van der Waals surface area contributed by atoms with Crippen LogP contribution in [0.25, 0.3) is 5.70 Å². The molecule has 2 aliphatic rings. The average molecular weight is 351 g/mol. The van der Waals surface area contributed by atoms with E-state index in [1.807, 2.05) is 47.1 Å². The maximum atomic E-state index is 6.08. The van der Waals surface area contributed by atoms with Crippen molar-refractivity contribution in [2.24, 2.45) is 0 Å². The first-order valence-electron chi connectivity index (χ1n) is 8.18. The highest BCUT2D eigenvalue weighted by Gasteiger charge is 2.33. The first kappa shape index (κ1) is 14.5. The molecular formula is C19H15ClN4O. The highest BCUT2D eigenvalue weighted by molar-refractivity contribution is 6.30. The van der Waals surface area contributed by atoms with Crippen LogP contribution in [0.5, 0.6) is 5.75 Å². The van der Waals surface area contributed by atoms with E-state index >= 15 is 0 Å². The number of para-hydroxylation sites is 1. The zero-order chi connectivity index (χ0) is 16.8. The van der Waals surface area contributed by atoms with Crippen molar-refractivity contribution in [1.29, 1.82) is 0 Å². The Bertz CT molecular complexity index is 977. The summed E-state index contributed by atoms with van der Waals surface area (Å²) < 4.78 is 7.89. The molecule has 5 rings (SSSR count). The Morgan fingerprint density at radius 2 is 1.96 bits per heavy atom. The number of nitrogens with zero attached hydrogens (tertiary/aromatic N) is 3. The van der Waals surface area contributed by atoms with Crippen molar-refractivity contribution < 1.29 is 4.74 Å². The van der Waals surface area contributed by atoms with Crippen LogP contribution in [-0.4, -0.2) is 21.4 Å². The van der Waals surface area contributed by atoms with Crippen molar-refractivity contribution >= 4 is 23.2 Å². The third kappa shape index (κ3) is 2.31. The van der Waals surface area contributed by atoms with Crippen molar-refractivity contribution in [1.82, 2.24) is 14.8 Å². The lowest BCUT2D eigenvalue weighted by molar-refractivity contribution is 0.320. The lowest BCUT2D eigenvalue weighted by atomic mass is 9.91. The molecule has 1 aromatic heterocycles. The summed E-state index contributed by atoms with van der Waals surface area (Å²) in [7, 11) is 0. The molecule has 0 radical (unpaired) electrons. The second kappa shape index (κ2) is 5.63. The summed E-state index contributed by atoms with van der Waals surface area (Å²) in [4.78, 5) is 4.38. The molecule has 3 heterocycles. The standard InChI is InChI=1S/C19H15ClN4O/c20-13-7-5-12(6-8-13)18-15-9-10-25-16-4-2-1-3-14(16)17(15)23-19-21-11-22-24(18)19/h1-8,11,18H,9-10H2,(H,21,22,23). The summed E-state index contributed by atoms with van der Waals surface area (Å²) in [5.41, 5.74) is 4.49. The number of aromatic nitrogens is 3. The van der Waals surface area contributed by atoms with Gasteiger partial charge in [-0.25, -0.2) is 4.68 Å². The molecule has 0 saturated heterocycles. The number of hydrogen-bond acceptors (Lipinski definition) is 4. The Labute approximate surface area is 149 Å². The van der Waals surface area contributed by atoms with E-state index in [1.165, 1.54) is 5.57 Å². The number of ether oxygens (including phenoxy) is 1. The van der Waals surface area contributed by atoms with E-state index < -0.39 is 0 Å². The van der Waals surface area contributed by atoms with E-state index in [0.717, 1.165) is 40.0 Å². The van der Waals surface area contributed by atoms with Gasteiger partial charge in [-0.1, -0.05) is 35.9 Å².